The molecule has 0 amide bonds. The molecular formula is C16H25NO3. The van der Waals surface area contributed by atoms with Crippen molar-refractivity contribution in [2.45, 2.75) is 44.8 Å². The number of benzene rings is 1. The minimum absolute atomic E-state index is 0.138. The van der Waals surface area contributed by atoms with Crippen LogP contribution in [0.15, 0.2) is 30.3 Å². The molecule has 1 aliphatic heterocycles. The van der Waals surface area contributed by atoms with Crippen LogP contribution in [0.1, 0.15) is 43.0 Å². The van der Waals surface area contributed by atoms with E-state index in [0.29, 0.717) is 11.6 Å². The summed E-state index contributed by atoms with van der Waals surface area (Å²) in [5, 5.41) is 17.6. The van der Waals surface area contributed by atoms with Crippen LogP contribution in [0, 0.1) is 0 Å². The number of likely N-dealkylation sites (tertiary alicyclic amines) is 1. The lowest BCUT2D eigenvalue weighted by atomic mass is 9.98. The molecule has 1 heterocycles. The van der Waals surface area contributed by atoms with Gasteiger partial charge < -0.3 is 15.1 Å². The molecular weight excluding hydrogens is 254 g/mol. The van der Waals surface area contributed by atoms with Gasteiger partial charge in [-0.25, -0.2) is 4.79 Å². The van der Waals surface area contributed by atoms with Crippen LogP contribution in [-0.4, -0.2) is 46.8 Å². The molecule has 0 bridgehead atoms. The van der Waals surface area contributed by atoms with E-state index in [1.54, 1.807) is 30.3 Å². The van der Waals surface area contributed by atoms with E-state index >= 15 is 0 Å². The summed E-state index contributed by atoms with van der Waals surface area (Å²) in [6, 6.07) is 8.92. The molecule has 0 spiro atoms. The second kappa shape index (κ2) is 8.72. The average Bonchev–Trinajstić information content (AvgIpc) is 2.43. The number of piperidine rings is 1. The van der Waals surface area contributed by atoms with Crippen LogP contribution in [0.2, 0.25) is 0 Å². The van der Waals surface area contributed by atoms with E-state index < -0.39 is 5.97 Å². The molecule has 1 fully saturated rings. The number of carbonyl (C=O) groups is 1. The van der Waals surface area contributed by atoms with Crippen LogP contribution < -0.4 is 0 Å². The first-order valence-electron chi connectivity index (χ1n) is 7.17. The third-order valence-corrected chi connectivity index (χ3v) is 3.56. The van der Waals surface area contributed by atoms with Crippen molar-refractivity contribution in [3.8, 4) is 0 Å². The first-order valence-corrected chi connectivity index (χ1v) is 7.17. The van der Waals surface area contributed by atoms with Crippen LogP contribution in [0.5, 0.6) is 0 Å². The molecule has 112 valence electrons. The first-order chi connectivity index (χ1) is 9.50. The zero-order valence-corrected chi connectivity index (χ0v) is 12.3. The number of rotatable bonds is 3. The Bertz CT molecular complexity index is 392. The Morgan fingerprint density at radius 1 is 1.35 bits per heavy atom. The van der Waals surface area contributed by atoms with E-state index in [9.17, 15) is 9.90 Å². The van der Waals surface area contributed by atoms with E-state index in [2.05, 4.69) is 11.9 Å². The largest absolute Gasteiger partial charge is 0.478 e. The fourth-order valence-corrected chi connectivity index (χ4v) is 2.42. The maximum Gasteiger partial charge on any atom is 0.335 e. The molecule has 0 saturated carbocycles. The van der Waals surface area contributed by atoms with Crippen LogP contribution >= 0.6 is 0 Å². The molecule has 0 aromatic heterocycles. The van der Waals surface area contributed by atoms with Gasteiger partial charge in [-0.1, -0.05) is 24.6 Å². The monoisotopic (exact) mass is 279 g/mol. The summed E-state index contributed by atoms with van der Waals surface area (Å²) in [5.41, 5.74) is 0.331. The van der Waals surface area contributed by atoms with Crippen LogP contribution in [0.3, 0.4) is 0 Å². The van der Waals surface area contributed by atoms with Crippen LogP contribution in [0.4, 0.5) is 0 Å². The van der Waals surface area contributed by atoms with Gasteiger partial charge in [0.2, 0.25) is 0 Å². The van der Waals surface area contributed by atoms with Crippen molar-refractivity contribution in [2.24, 2.45) is 0 Å². The lowest BCUT2D eigenvalue weighted by Crippen LogP contribution is -2.38. The minimum Gasteiger partial charge on any atom is -0.478 e. The zero-order chi connectivity index (χ0) is 15.0. The van der Waals surface area contributed by atoms with Gasteiger partial charge >= 0.3 is 5.97 Å². The number of hydrogen-bond donors (Lipinski definition) is 2. The van der Waals surface area contributed by atoms with Crippen molar-refractivity contribution in [1.29, 1.82) is 0 Å². The first kappa shape index (κ1) is 16.7. The lowest BCUT2D eigenvalue weighted by molar-refractivity contribution is 0.0697. The Balaban J connectivity index is 0.000000204. The molecule has 1 saturated heterocycles. The molecule has 2 unspecified atom stereocenters. The Morgan fingerprint density at radius 3 is 2.45 bits per heavy atom. The van der Waals surface area contributed by atoms with Gasteiger partial charge in [-0.05, 0) is 51.9 Å². The van der Waals surface area contributed by atoms with Gasteiger partial charge in [-0.15, -0.1) is 0 Å². The maximum atomic E-state index is 10.2. The highest BCUT2D eigenvalue weighted by Crippen LogP contribution is 2.18. The number of aromatic carboxylic acids is 1. The Hall–Kier alpha value is -1.39. The fraction of sp³-hybridized carbons (Fsp3) is 0.562. The quantitative estimate of drug-likeness (QED) is 0.893. The van der Waals surface area contributed by atoms with E-state index in [-0.39, 0.29) is 6.10 Å². The summed E-state index contributed by atoms with van der Waals surface area (Å²) >= 11 is 0. The Morgan fingerprint density at radius 2 is 2.00 bits per heavy atom. The number of aliphatic hydroxyl groups excluding tert-OH is 1. The van der Waals surface area contributed by atoms with Crippen LogP contribution in [-0.2, 0) is 0 Å². The highest BCUT2D eigenvalue weighted by molar-refractivity contribution is 5.87. The summed E-state index contributed by atoms with van der Waals surface area (Å²) in [6.45, 7) is 3.08. The molecule has 1 aromatic rings. The van der Waals surface area contributed by atoms with Crippen molar-refractivity contribution in [2.75, 3.05) is 13.6 Å². The normalized spacial score (nSPS) is 20.6. The van der Waals surface area contributed by atoms with Crippen molar-refractivity contribution in [3.63, 3.8) is 0 Å². The van der Waals surface area contributed by atoms with Gasteiger partial charge in [0.1, 0.15) is 0 Å². The van der Waals surface area contributed by atoms with E-state index in [0.717, 1.165) is 6.42 Å². The predicted octanol–water partition coefficient (Wildman–Crippen LogP) is 2.63. The third kappa shape index (κ3) is 6.17. The van der Waals surface area contributed by atoms with E-state index in [4.69, 9.17) is 5.11 Å². The smallest absolute Gasteiger partial charge is 0.335 e. The Kier molecular flexibility index (Phi) is 7.26. The van der Waals surface area contributed by atoms with Crippen LogP contribution in [0.25, 0.3) is 0 Å². The molecule has 1 aromatic carbocycles. The van der Waals surface area contributed by atoms with Gasteiger partial charge in [0.15, 0.2) is 0 Å². The topological polar surface area (TPSA) is 60.8 Å². The molecule has 2 atom stereocenters. The molecule has 0 aliphatic carbocycles. The van der Waals surface area contributed by atoms with E-state index in [1.165, 1.54) is 25.8 Å². The number of nitrogens with zero attached hydrogens (tertiary/aromatic N) is 1. The molecule has 20 heavy (non-hydrogen) atoms. The summed E-state index contributed by atoms with van der Waals surface area (Å²) in [4.78, 5) is 12.6. The van der Waals surface area contributed by atoms with Gasteiger partial charge in [-0.2, -0.15) is 0 Å². The number of carboxylic acid groups (broad SMARTS) is 1. The van der Waals surface area contributed by atoms with Gasteiger partial charge in [0.05, 0.1) is 11.7 Å². The Labute approximate surface area is 121 Å². The van der Waals surface area contributed by atoms with Crippen molar-refractivity contribution in [3.05, 3.63) is 35.9 Å². The summed E-state index contributed by atoms with van der Waals surface area (Å²) in [6.07, 6.45) is 4.73. The maximum absolute atomic E-state index is 10.2. The number of hydrogen-bond acceptors (Lipinski definition) is 3. The van der Waals surface area contributed by atoms with Crippen molar-refractivity contribution >= 4 is 5.97 Å². The SMILES string of the molecule is CC(O)CC1CCCCN1C.O=C(O)c1ccccc1. The molecule has 0 radical (unpaired) electrons. The third-order valence-electron chi connectivity index (χ3n) is 3.56. The van der Waals surface area contributed by atoms with Crippen molar-refractivity contribution in [1.82, 2.24) is 4.90 Å². The van der Waals surface area contributed by atoms with Gasteiger partial charge in [-0.3, -0.25) is 0 Å². The standard InChI is InChI=1S/C9H19NO.C7H6O2/c1-8(11)7-9-5-3-4-6-10(9)2;8-7(9)6-4-2-1-3-5-6/h8-9,11H,3-7H2,1-2H3;1-5H,(H,8,9). The minimum atomic E-state index is -0.879. The van der Waals surface area contributed by atoms with Gasteiger partial charge in [0.25, 0.3) is 0 Å². The highest BCUT2D eigenvalue weighted by Gasteiger charge is 2.19. The van der Waals surface area contributed by atoms with E-state index in [1.807, 2.05) is 6.92 Å². The zero-order valence-electron chi connectivity index (χ0n) is 12.3. The summed E-state index contributed by atoms with van der Waals surface area (Å²) in [5.74, 6) is -0.879. The second-order valence-electron chi connectivity index (χ2n) is 5.39. The molecule has 4 heteroatoms. The molecule has 1 aliphatic rings. The van der Waals surface area contributed by atoms with Gasteiger partial charge in [0, 0.05) is 6.04 Å². The molecule has 4 nitrogen and oxygen atoms in total. The summed E-state index contributed by atoms with van der Waals surface area (Å²) < 4.78 is 0. The number of aliphatic hydroxyl groups is 1. The molecule has 2 N–H and O–H groups in total. The number of carboxylic acids is 1. The van der Waals surface area contributed by atoms with Crippen molar-refractivity contribution < 1.29 is 15.0 Å². The summed E-state index contributed by atoms with van der Waals surface area (Å²) in [7, 11) is 2.16. The fourth-order valence-electron chi connectivity index (χ4n) is 2.42. The second-order valence-corrected chi connectivity index (χ2v) is 5.39. The lowest BCUT2D eigenvalue weighted by Gasteiger charge is -2.33. The predicted molar refractivity (Wildman–Crippen MR) is 80.0 cm³/mol. The highest BCUT2D eigenvalue weighted by atomic mass is 16.4. The molecule has 2 rings (SSSR count). The average molecular weight is 279 g/mol.